The van der Waals surface area contributed by atoms with E-state index < -0.39 is 18.6 Å². The molecule has 0 aliphatic carbocycles. The number of carbonyl (C=O) groups excluding carboxylic acids is 1. The van der Waals surface area contributed by atoms with Crippen LogP contribution in [-0.4, -0.2) is 28.0 Å². The lowest BCUT2D eigenvalue weighted by Gasteiger charge is -2.06. The smallest absolute Gasteiger partial charge is 0.342 e. The Morgan fingerprint density at radius 3 is 2.82 bits per heavy atom. The number of rotatable bonds is 2. The molecule has 0 bridgehead atoms. The van der Waals surface area contributed by atoms with Crippen LogP contribution in [0.5, 0.6) is 0 Å². The Kier molecular flexibility index (Phi) is 2.74. The molecule has 0 saturated heterocycles. The maximum Gasteiger partial charge on any atom is 0.405 e. The summed E-state index contributed by atoms with van der Waals surface area (Å²) in [5.74, 6) is -0.842. The lowest BCUT2D eigenvalue weighted by Crippen LogP contribution is -2.33. The second kappa shape index (κ2) is 4.08. The first-order valence-corrected chi connectivity index (χ1v) is 4.74. The maximum atomic E-state index is 11.9. The fourth-order valence-electron chi connectivity index (χ4n) is 1.32. The standard InChI is InChI=1S/C10H8F3N3O/c11-10(12,13)6-14-9(17)7-5-16-4-2-1-3-8(16)15-7/h1-5H,6H2,(H,14,17). The van der Waals surface area contributed by atoms with Gasteiger partial charge in [0.15, 0.2) is 0 Å². The van der Waals surface area contributed by atoms with Crippen LogP contribution in [-0.2, 0) is 0 Å². The third-order valence-electron chi connectivity index (χ3n) is 2.05. The van der Waals surface area contributed by atoms with Crippen LogP contribution in [0.25, 0.3) is 5.65 Å². The Labute approximate surface area is 94.1 Å². The molecule has 2 rings (SSSR count). The highest BCUT2D eigenvalue weighted by Crippen LogP contribution is 2.12. The van der Waals surface area contributed by atoms with Crippen LogP contribution in [0.2, 0.25) is 0 Å². The van der Waals surface area contributed by atoms with Gasteiger partial charge in [-0.25, -0.2) is 4.98 Å². The minimum Gasteiger partial charge on any atom is -0.342 e. The van der Waals surface area contributed by atoms with E-state index in [4.69, 9.17) is 0 Å². The van der Waals surface area contributed by atoms with Gasteiger partial charge in [0.1, 0.15) is 17.9 Å². The van der Waals surface area contributed by atoms with Gasteiger partial charge < -0.3 is 9.72 Å². The van der Waals surface area contributed by atoms with E-state index in [0.717, 1.165) is 0 Å². The Morgan fingerprint density at radius 1 is 1.41 bits per heavy atom. The SMILES string of the molecule is O=C(NCC(F)(F)F)c1cn2ccccc2n1. The van der Waals surface area contributed by atoms with Crippen LogP contribution in [0.15, 0.2) is 30.6 Å². The van der Waals surface area contributed by atoms with Gasteiger partial charge in [-0.2, -0.15) is 13.2 Å². The lowest BCUT2D eigenvalue weighted by molar-refractivity contribution is -0.123. The summed E-state index contributed by atoms with van der Waals surface area (Å²) in [7, 11) is 0. The quantitative estimate of drug-likeness (QED) is 0.871. The molecule has 0 saturated carbocycles. The first-order valence-electron chi connectivity index (χ1n) is 4.74. The molecular formula is C10H8F3N3O. The molecular weight excluding hydrogens is 235 g/mol. The van der Waals surface area contributed by atoms with E-state index in [-0.39, 0.29) is 5.69 Å². The average Bonchev–Trinajstić information content (AvgIpc) is 2.68. The molecule has 4 nitrogen and oxygen atoms in total. The van der Waals surface area contributed by atoms with Crippen LogP contribution in [0.1, 0.15) is 10.5 Å². The topological polar surface area (TPSA) is 46.4 Å². The zero-order chi connectivity index (χ0) is 12.5. The van der Waals surface area contributed by atoms with Crippen molar-refractivity contribution in [3.05, 3.63) is 36.3 Å². The van der Waals surface area contributed by atoms with Crippen molar-refractivity contribution in [2.45, 2.75) is 6.18 Å². The highest BCUT2D eigenvalue weighted by atomic mass is 19.4. The van der Waals surface area contributed by atoms with Gasteiger partial charge in [-0.15, -0.1) is 0 Å². The molecule has 1 N–H and O–H groups in total. The van der Waals surface area contributed by atoms with Crippen LogP contribution in [0.4, 0.5) is 13.2 Å². The Bertz CT molecular complexity index is 514. The summed E-state index contributed by atoms with van der Waals surface area (Å²) < 4.78 is 37.2. The number of nitrogens with one attached hydrogen (secondary N) is 1. The zero-order valence-electron chi connectivity index (χ0n) is 8.53. The maximum absolute atomic E-state index is 11.9. The van der Waals surface area contributed by atoms with Crippen molar-refractivity contribution in [1.29, 1.82) is 0 Å². The van der Waals surface area contributed by atoms with E-state index in [2.05, 4.69) is 4.98 Å². The number of halogens is 3. The minimum absolute atomic E-state index is 0.0412. The molecule has 2 heterocycles. The van der Waals surface area contributed by atoms with Crippen molar-refractivity contribution >= 4 is 11.6 Å². The molecule has 0 aromatic carbocycles. The number of aromatic nitrogens is 2. The van der Waals surface area contributed by atoms with Gasteiger partial charge in [-0.3, -0.25) is 4.79 Å². The number of pyridine rings is 1. The van der Waals surface area contributed by atoms with Crippen molar-refractivity contribution in [3.63, 3.8) is 0 Å². The van der Waals surface area contributed by atoms with Crippen molar-refractivity contribution in [3.8, 4) is 0 Å². The number of carbonyl (C=O) groups is 1. The van der Waals surface area contributed by atoms with E-state index in [1.54, 1.807) is 34.1 Å². The molecule has 7 heteroatoms. The predicted octanol–water partition coefficient (Wildman–Crippen LogP) is 1.63. The minimum atomic E-state index is -4.42. The van der Waals surface area contributed by atoms with Gasteiger partial charge in [-0.05, 0) is 12.1 Å². The van der Waals surface area contributed by atoms with E-state index in [9.17, 15) is 18.0 Å². The number of amides is 1. The molecule has 0 aliphatic heterocycles. The number of nitrogens with zero attached hydrogens (tertiary/aromatic N) is 2. The van der Waals surface area contributed by atoms with E-state index >= 15 is 0 Å². The normalized spacial score (nSPS) is 11.7. The molecule has 2 aromatic heterocycles. The largest absolute Gasteiger partial charge is 0.405 e. The van der Waals surface area contributed by atoms with Crippen LogP contribution in [0, 0.1) is 0 Å². The van der Waals surface area contributed by atoms with Gasteiger partial charge in [0.25, 0.3) is 5.91 Å². The highest BCUT2D eigenvalue weighted by molar-refractivity contribution is 5.92. The summed E-state index contributed by atoms with van der Waals surface area (Å²) in [6.07, 6.45) is -1.39. The first-order chi connectivity index (χ1) is 7.96. The summed E-state index contributed by atoms with van der Waals surface area (Å²) in [6, 6.07) is 5.10. The van der Waals surface area contributed by atoms with Crippen LogP contribution >= 0.6 is 0 Å². The summed E-state index contributed by atoms with van der Waals surface area (Å²) in [4.78, 5) is 15.3. The van der Waals surface area contributed by atoms with Gasteiger partial charge in [0.05, 0.1) is 0 Å². The van der Waals surface area contributed by atoms with E-state index in [1.165, 1.54) is 6.20 Å². The third kappa shape index (κ3) is 2.74. The van der Waals surface area contributed by atoms with Gasteiger partial charge >= 0.3 is 6.18 Å². The van der Waals surface area contributed by atoms with Gasteiger partial charge in [-0.1, -0.05) is 6.07 Å². The van der Waals surface area contributed by atoms with Crippen LogP contribution < -0.4 is 5.32 Å². The van der Waals surface area contributed by atoms with Crippen molar-refractivity contribution in [1.82, 2.24) is 14.7 Å². The number of imidazole rings is 1. The molecule has 0 atom stereocenters. The zero-order valence-corrected chi connectivity index (χ0v) is 8.53. The predicted molar refractivity (Wildman–Crippen MR) is 53.6 cm³/mol. The van der Waals surface area contributed by atoms with Crippen molar-refractivity contribution < 1.29 is 18.0 Å². The Balaban J connectivity index is 2.14. The molecule has 17 heavy (non-hydrogen) atoms. The van der Waals surface area contributed by atoms with E-state index in [1.807, 2.05) is 0 Å². The molecule has 90 valence electrons. The molecule has 0 spiro atoms. The second-order valence-corrected chi connectivity index (χ2v) is 3.39. The summed E-state index contributed by atoms with van der Waals surface area (Å²) in [5.41, 5.74) is 0.463. The Hall–Kier alpha value is -2.05. The fourth-order valence-corrected chi connectivity index (χ4v) is 1.32. The molecule has 1 amide bonds. The number of alkyl halides is 3. The van der Waals surface area contributed by atoms with Crippen molar-refractivity contribution in [2.24, 2.45) is 0 Å². The monoisotopic (exact) mass is 243 g/mol. The number of hydrogen-bond donors (Lipinski definition) is 1. The van der Waals surface area contributed by atoms with Crippen molar-refractivity contribution in [2.75, 3.05) is 6.54 Å². The van der Waals surface area contributed by atoms with Gasteiger partial charge in [0, 0.05) is 12.4 Å². The average molecular weight is 243 g/mol. The second-order valence-electron chi connectivity index (χ2n) is 3.39. The molecule has 0 radical (unpaired) electrons. The first kappa shape index (κ1) is 11.4. The summed E-state index contributed by atoms with van der Waals surface area (Å²) >= 11 is 0. The van der Waals surface area contributed by atoms with E-state index in [0.29, 0.717) is 5.65 Å². The molecule has 2 aromatic rings. The third-order valence-corrected chi connectivity index (χ3v) is 2.05. The summed E-state index contributed by atoms with van der Waals surface area (Å²) in [6.45, 7) is -1.36. The number of fused-ring (bicyclic) bond motifs is 1. The van der Waals surface area contributed by atoms with Crippen LogP contribution in [0.3, 0.4) is 0 Å². The highest BCUT2D eigenvalue weighted by Gasteiger charge is 2.28. The Morgan fingerprint density at radius 2 is 2.18 bits per heavy atom. The molecule has 0 fully saturated rings. The fraction of sp³-hybridized carbons (Fsp3) is 0.200. The summed E-state index contributed by atoms with van der Waals surface area (Å²) in [5, 5.41) is 1.76. The molecule has 0 aliphatic rings. The van der Waals surface area contributed by atoms with Gasteiger partial charge in [0.2, 0.25) is 0 Å². The number of hydrogen-bond acceptors (Lipinski definition) is 2. The molecule has 0 unspecified atom stereocenters. The lowest BCUT2D eigenvalue weighted by atomic mass is 10.4.